The van der Waals surface area contributed by atoms with Crippen LogP contribution < -0.4 is 5.73 Å². The average molecular weight is 252 g/mol. The van der Waals surface area contributed by atoms with Crippen molar-refractivity contribution in [2.45, 2.75) is 11.8 Å². The Morgan fingerprint density at radius 1 is 1.35 bits per heavy atom. The Labute approximate surface area is 99.0 Å². The van der Waals surface area contributed by atoms with Gasteiger partial charge in [-0.05, 0) is 12.5 Å². The molecule has 2 aromatic heterocycles. The lowest BCUT2D eigenvalue weighted by atomic mass is 10.2. The van der Waals surface area contributed by atoms with E-state index in [0.29, 0.717) is 11.5 Å². The van der Waals surface area contributed by atoms with Crippen LogP contribution in [0.1, 0.15) is 5.56 Å². The largest absolute Gasteiger partial charge is 0.398 e. The van der Waals surface area contributed by atoms with Crippen LogP contribution in [0.25, 0.3) is 5.82 Å². The van der Waals surface area contributed by atoms with E-state index in [1.165, 1.54) is 17.1 Å². The molecule has 7 heteroatoms. The molecule has 0 aliphatic rings. The summed E-state index contributed by atoms with van der Waals surface area (Å²) < 4.78 is 24.0. The standard InChI is InChI=1S/C10H12N4O2S/c1-7-4-12-10(3-9(7)11)14-6-8(5-13-14)17(2,15)16/h3-6H,1-2H3,(H2,11,12). The second kappa shape index (κ2) is 3.85. The van der Waals surface area contributed by atoms with Crippen LogP contribution in [0.2, 0.25) is 0 Å². The van der Waals surface area contributed by atoms with Crippen LogP contribution in [0.15, 0.2) is 29.6 Å². The van der Waals surface area contributed by atoms with E-state index in [-0.39, 0.29) is 4.90 Å². The number of nitrogen functional groups attached to an aromatic ring is 1. The van der Waals surface area contributed by atoms with E-state index in [9.17, 15) is 8.42 Å². The molecule has 0 fully saturated rings. The fraction of sp³-hybridized carbons (Fsp3) is 0.200. The number of sulfone groups is 1. The summed E-state index contributed by atoms with van der Waals surface area (Å²) in [7, 11) is -3.25. The molecule has 0 aliphatic carbocycles. The van der Waals surface area contributed by atoms with Crippen LogP contribution in [0.5, 0.6) is 0 Å². The van der Waals surface area contributed by atoms with Gasteiger partial charge < -0.3 is 5.73 Å². The van der Waals surface area contributed by atoms with Gasteiger partial charge in [0.05, 0.1) is 12.4 Å². The van der Waals surface area contributed by atoms with Crippen molar-refractivity contribution < 1.29 is 8.42 Å². The highest BCUT2D eigenvalue weighted by Crippen LogP contribution is 2.15. The lowest BCUT2D eigenvalue weighted by Crippen LogP contribution is -2.01. The number of hydrogen-bond acceptors (Lipinski definition) is 5. The fourth-order valence-electron chi connectivity index (χ4n) is 1.28. The maximum Gasteiger partial charge on any atom is 0.178 e. The fourth-order valence-corrected chi connectivity index (χ4v) is 1.81. The zero-order valence-corrected chi connectivity index (χ0v) is 10.3. The third-order valence-electron chi connectivity index (χ3n) is 2.35. The lowest BCUT2D eigenvalue weighted by Gasteiger charge is -2.03. The summed E-state index contributed by atoms with van der Waals surface area (Å²) in [5.41, 5.74) is 7.21. The van der Waals surface area contributed by atoms with Crippen LogP contribution in [0.4, 0.5) is 5.69 Å². The van der Waals surface area contributed by atoms with Crippen LogP contribution in [-0.4, -0.2) is 29.4 Å². The molecule has 6 nitrogen and oxygen atoms in total. The Balaban J connectivity index is 2.47. The first-order valence-electron chi connectivity index (χ1n) is 4.85. The van der Waals surface area contributed by atoms with Crippen molar-refractivity contribution >= 4 is 15.5 Å². The summed E-state index contributed by atoms with van der Waals surface area (Å²) in [6.45, 7) is 1.84. The Morgan fingerprint density at radius 3 is 2.59 bits per heavy atom. The number of nitrogens with zero attached hydrogens (tertiary/aromatic N) is 3. The number of pyridine rings is 1. The van der Waals surface area contributed by atoms with Gasteiger partial charge in [-0.15, -0.1) is 0 Å². The zero-order chi connectivity index (χ0) is 12.6. The van der Waals surface area contributed by atoms with E-state index in [1.807, 2.05) is 6.92 Å². The SMILES string of the molecule is Cc1cnc(-n2cc(S(C)(=O)=O)cn2)cc1N. The number of nitrogens with two attached hydrogens (primary N) is 1. The normalized spacial score (nSPS) is 11.6. The molecule has 0 bridgehead atoms. The summed E-state index contributed by atoms with van der Waals surface area (Å²) in [6, 6.07) is 1.65. The summed E-state index contributed by atoms with van der Waals surface area (Å²) in [5.74, 6) is 0.489. The maximum atomic E-state index is 11.3. The third-order valence-corrected chi connectivity index (χ3v) is 3.42. The van der Waals surface area contributed by atoms with E-state index < -0.39 is 9.84 Å². The minimum Gasteiger partial charge on any atom is -0.398 e. The van der Waals surface area contributed by atoms with Gasteiger partial charge in [-0.3, -0.25) is 0 Å². The van der Waals surface area contributed by atoms with Crippen molar-refractivity contribution in [3.8, 4) is 5.82 Å². The Morgan fingerprint density at radius 2 is 2.06 bits per heavy atom. The molecule has 90 valence electrons. The maximum absolute atomic E-state index is 11.3. The van der Waals surface area contributed by atoms with E-state index in [0.717, 1.165) is 11.8 Å². The Kier molecular flexibility index (Phi) is 2.62. The number of hydrogen-bond donors (Lipinski definition) is 1. The molecule has 17 heavy (non-hydrogen) atoms. The molecule has 2 N–H and O–H groups in total. The second-order valence-electron chi connectivity index (χ2n) is 3.79. The van der Waals surface area contributed by atoms with Crippen molar-refractivity contribution in [2.75, 3.05) is 12.0 Å². The molecular formula is C10H12N4O2S. The summed E-state index contributed by atoms with van der Waals surface area (Å²) in [6.07, 6.45) is 5.44. The predicted octanol–water partition coefficient (Wildman–Crippen LogP) is 0.561. The van der Waals surface area contributed by atoms with Crippen LogP contribution >= 0.6 is 0 Å². The van der Waals surface area contributed by atoms with Crippen LogP contribution in [0.3, 0.4) is 0 Å². The smallest absolute Gasteiger partial charge is 0.178 e. The molecule has 0 aliphatic heterocycles. The highest BCUT2D eigenvalue weighted by Gasteiger charge is 2.11. The molecule has 0 atom stereocenters. The van der Waals surface area contributed by atoms with Crippen molar-refractivity contribution in [3.63, 3.8) is 0 Å². The van der Waals surface area contributed by atoms with Crippen LogP contribution in [-0.2, 0) is 9.84 Å². The summed E-state index contributed by atoms with van der Waals surface area (Å²) in [4.78, 5) is 4.28. The van der Waals surface area contributed by atoms with Crippen LogP contribution in [0, 0.1) is 6.92 Å². The highest BCUT2D eigenvalue weighted by atomic mass is 32.2. The van der Waals surface area contributed by atoms with Crippen molar-refractivity contribution in [1.82, 2.24) is 14.8 Å². The molecule has 0 amide bonds. The van der Waals surface area contributed by atoms with Gasteiger partial charge in [-0.1, -0.05) is 0 Å². The van der Waals surface area contributed by atoms with Gasteiger partial charge in [0.1, 0.15) is 4.90 Å². The molecule has 0 radical (unpaired) electrons. The monoisotopic (exact) mass is 252 g/mol. The minimum atomic E-state index is -3.25. The van der Waals surface area contributed by atoms with Gasteiger partial charge in [0.25, 0.3) is 0 Å². The topological polar surface area (TPSA) is 90.9 Å². The van der Waals surface area contributed by atoms with Gasteiger partial charge in [-0.2, -0.15) is 5.10 Å². The Bertz CT molecular complexity index is 661. The summed E-state index contributed by atoms with van der Waals surface area (Å²) in [5, 5.41) is 3.94. The van der Waals surface area contributed by atoms with Gasteiger partial charge in [0.15, 0.2) is 15.7 Å². The first-order valence-corrected chi connectivity index (χ1v) is 6.74. The van der Waals surface area contributed by atoms with E-state index in [1.54, 1.807) is 12.3 Å². The minimum absolute atomic E-state index is 0.151. The number of anilines is 1. The van der Waals surface area contributed by atoms with Crippen molar-refractivity contribution in [3.05, 3.63) is 30.2 Å². The van der Waals surface area contributed by atoms with Gasteiger partial charge in [-0.25, -0.2) is 18.1 Å². The average Bonchev–Trinajstić information content (AvgIpc) is 2.70. The molecule has 0 unspecified atom stereocenters. The first kappa shape index (κ1) is 11.6. The van der Waals surface area contributed by atoms with Crippen molar-refractivity contribution in [1.29, 1.82) is 0 Å². The number of aromatic nitrogens is 3. The molecule has 0 aromatic carbocycles. The first-order chi connectivity index (χ1) is 7.88. The molecule has 0 spiro atoms. The number of aryl methyl sites for hydroxylation is 1. The third kappa shape index (κ3) is 2.28. The molecular weight excluding hydrogens is 240 g/mol. The molecule has 2 heterocycles. The predicted molar refractivity (Wildman–Crippen MR) is 63.6 cm³/mol. The molecule has 2 rings (SSSR count). The lowest BCUT2D eigenvalue weighted by molar-refractivity contribution is 0.602. The van der Waals surface area contributed by atoms with E-state index in [2.05, 4.69) is 10.1 Å². The molecule has 0 saturated carbocycles. The molecule has 2 aromatic rings. The second-order valence-corrected chi connectivity index (χ2v) is 5.81. The van der Waals surface area contributed by atoms with E-state index >= 15 is 0 Å². The van der Waals surface area contributed by atoms with Crippen molar-refractivity contribution in [2.24, 2.45) is 0 Å². The summed E-state index contributed by atoms with van der Waals surface area (Å²) >= 11 is 0. The van der Waals surface area contributed by atoms with Gasteiger partial charge >= 0.3 is 0 Å². The van der Waals surface area contributed by atoms with Gasteiger partial charge in [0.2, 0.25) is 0 Å². The van der Waals surface area contributed by atoms with E-state index in [4.69, 9.17) is 5.73 Å². The number of rotatable bonds is 2. The zero-order valence-electron chi connectivity index (χ0n) is 9.45. The molecule has 0 saturated heterocycles. The quantitative estimate of drug-likeness (QED) is 0.843. The highest BCUT2D eigenvalue weighted by molar-refractivity contribution is 7.90. The van der Waals surface area contributed by atoms with Gasteiger partial charge in [0, 0.05) is 24.2 Å². The Hall–Kier alpha value is -1.89.